The first kappa shape index (κ1) is 18.7. The highest BCUT2D eigenvalue weighted by Gasteiger charge is 2.22. The van der Waals surface area contributed by atoms with Gasteiger partial charge in [0.25, 0.3) is 0 Å². The van der Waals surface area contributed by atoms with Crippen LogP contribution in [0.4, 0.5) is 0 Å². The molecule has 0 spiro atoms. The monoisotopic (exact) mass is 357 g/mol. The van der Waals surface area contributed by atoms with Crippen LogP contribution in [0.25, 0.3) is 11.1 Å². The lowest BCUT2D eigenvalue weighted by atomic mass is 10.0. The van der Waals surface area contributed by atoms with Gasteiger partial charge in [-0.05, 0) is 23.1 Å². The van der Waals surface area contributed by atoms with E-state index in [1.54, 1.807) is 0 Å². The third-order valence-corrected chi connectivity index (χ3v) is 4.57. The van der Waals surface area contributed by atoms with Crippen LogP contribution in [0.1, 0.15) is 12.5 Å². The van der Waals surface area contributed by atoms with Gasteiger partial charge in [0.15, 0.2) is 0 Å². The van der Waals surface area contributed by atoms with Crippen molar-refractivity contribution in [3.05, 3.63) is 60.2 Å². The summed E-state index contributed by atoms with van der Waals surface area (Å²) in [5.41, 5.74) is 2.97. The molecule has 0 bridgehead atoms. The van der Waals surface area contributed by atoms with E-state index in [-0.39, 0.29) is 24.0 Å². The van der Waals surface area contributed by atoms with Crippen LogP contribution in [-0.4, -0.2) is 33.9 Å². The number of nitrogens with one attached hydrogen (secondary N) is 1. The molecule has 0 saturated heterocycles. The summed E-state index contributed by atoms with van der Waals surface area (Å²) < 4.78 is 0. The van der Waals surface area contributed by atoms with Crippen LogP contribution >= 0.6 is 11.8 Å². The zero-order chi connectivity index (χ0) is 18.2. The summed E-state index contributed by atoms with van der Waals surface area (Å²) in [6.07, 6.45) is 0.237. The zero-order valence-electron chi connectivity index (χ0n) is 13.8. The van der Waals surface area contributed by atoms with Crippen molar-refractivity contribution in [3.8, 4) is 11.1 Å². The van der Waals surface area contributed by atoms with Gasteiger partial charge in [0.1, 0.15) is 5.25 Å². The molecule has 0 aliphatic rings. The maximum absolute atomic E-state index is 11.8. The minimum absolute atomic E-state index is 0.170. The number of thioether (sulfide) groups is 1. The standard InChI is InChI=1S/C19H19NO4S/c1-13(21)20-12-18(22)25-17(19(23)24)11-14-7-9-16(10-8-14)15-5-3-2-4-6-15/h2-10,17H,11-12H2,1H3,(H,20,21)(H,23,24)/t17-/m1/s1. The molecule has 2 N–H and O–H groups in total. The highest BCUT2D eigenvalue weighted by molar-refractivity contribution is 8.14. The zero-order valence-corrected chi connectivity index (χ0v) is 14.6. The summed E-state index contributed by atoms with van der Waals surface area (Å²) in [6.45, 7) is 1.14. The molecule has 1 amide bonds. The normalized spacial score (nSPS) is 11.6. The number of carboxylic acids is 1. The Hall–Kier alpha value is -2.60. The van der Waals surface area contributed by atoms with Crippen molar-refractivity contribution in [2.45, 2.75) is 18.6 Å². The molecule has 6 heteroatoms. The van der Waals surface area contributed by atoms with Crippen LogP contribution in [-0.2, 0) is 20.8 Å². The van der Waals surface area contributed by atoms with Gasteiger partial charge in [0.2, 0.25) is 11.0 Å². The Morgan fingerprint density at radius 1 is 1.00 bits per heavy atom. The minimum Gasteiger partial charge on any atom is -0.480 e. The molecule has 0 aliphatic heterocycles. The topological polar surface area (TPSA) is 83.5 Å². The fourth-order valence-electron chi connectivity index (χ4n) is 2.25. The van der Waals surface area contributed by atoms with Crippen molar-refractivity contribution in [1.82, 2.24) is 5.32 Å². The highest BCUT2D eigenvalue weighted by Crippen LogP contribution is 2.22. The Morgan fingerprint density at radius 3 is 2.16 bits per heavy atom. The number of aliphatic carboxylic acids is 1. The van der Waals surface area contributed by atoms with Crippen LogP contribution in [0, 0.1) is 0 Å². The predicted octanol–water partition coefficient (Wildman–Crippen LogP) is 2.75. The quantitative estimate of drug-likeness (QED) is 0.796. The third-order valence-electron chi connectivity index (χ3n) is 3.51. The summed E-state index contributed by atoms with van der Waals surface area (Å²) in [7, 11) is 0. The Balaban J connectivity index is 2.01. The number of hydrogen-bond donors (Lipinski definition) is 2. The first-order valence-corrected chi connectivity index (χ1v) is 8.65. The molecule has 0 saturated carbocycles. The molecule has 1 atom stereocenters. The second-order valence-electron chi connectivity index (χ2n) is 5.49. The van der Waals surface area contributed by atoms with E-state index in [4.69, 9.17) is 0 Å². The number of rotatable bonds is 7. The molecule has 2 rings (SSSR count). The van der Waals surface area contributed by atoms with Gasteiger partial charge in [0, 0.05) is 6.92 Å². The summed E-state index contributed by atoms with van der Waals surface area (Å²) in [5, 5.41) is 10.5. The van der Waals surface area contributed by atoms with Gasteiger partial charge >= 0.3 is 5.97 Å². The molecule has 130 valence electrons. The van der Waals surface area contributed by atoms with Gasteiger partial charge in [-0.2, -0.15) is 0 Å². The predicted molar refractivity (Wildman–Crippen MR) is 98.3 cm³/mol. The molecule has 0 fully saturated rings. The summed E-state index contributed by atoms with van der Waals surface area (Å²) >= 11 is 0.737. The number of carbonyl (C=O) groups is 3. The molecule has 0 aliphatic carbocycles. The molecule has 25 heavy (non-hydrogen) atoms. The van der Waals surface area contributed by atoms with Gasteiger partial charge in [0.05, 0.1) is 6.54 Å². The SMILES string of the molecule is CC(=O)NCC(=O)S[C@H](Cc1ccc(-c2ccccc2)cc1)C(=O)O. The van der Waals surface area contributed by atoms with Gasteiger partial charge in [-0.3, -0.25) is 14.4 Å². The van der Waals surface area contributed by atoms with E-state index < -0.39 is 11.2 Å². The van der Waals surface area contributed by atoms with Crippen molar-refractivity contribution in [1.29, 1.82) is 0 Å². The molecule has 0 aromatic heterocycles. The second kappa shape index (κ2) is 9.03. The minimum atomic E-state index is -1.05. The van der Waals surface area contributed by atoms with Crippen LogP contribution in [0.3, 0.4) is 0 Å². The average molecular weight is 357 g/mol. The largest absolute Gasteiger partial charge is 0.480 e. The average Bonchev–Trinajstić information content (AvgIpc) is 2.60. The molecular formula is C19H19NO4S. The molecule has 0 radical (unpaired) electrons. The van der Waals surface area contributed by atoms with Crippen molar-refractivity contribution in [2.24, 2.45) is 0 Å². The Kier molecular flexibility index (Phi) is 6.77. The van der Waals surface area contributed by atoms with Crippen LogP contribution in [0.5, 0.6) is 0 Å². The molecule has 2 aromatic rings. The number of carbonyl (C=O) groups excluding carboxylic acids is 2. The smallest absolute Gasteiger partial charge is 0.317 e. The van der Waals surface area contributed by atoms with Crippen LogP contribution < -0.4 is 5.32 Å². The lowest BCUT2D eigenvalue weighted by molar-refractivity contribution is -0.136. The summed E-state index contributed by atoms with van der Waals surface area (Å²) in [6, 6.07) is 17.5. The van der Waals surface area contributed by atoms with Gasteiger partial charge in [-0.15, -0.1) is 0 Å². The van der Waals surface area contributed by atoms with Crippen molar-refractivity contribution < 1.29 is 19.5 Å². The first-order valence-electron chi connectivity index (χ1n) is 7.77. The maximum Gasteiger partial charge on any atom is 0.317 e. The van der Waals surface area contributed by atoms with E-state index in [1.807, 2.05) is 54.6 Å². The molecule has 2 aromatic carbocycles. The Morgan fingerprint density at radius 2 is 1.60 bits per heavy atom. The van der Waals surface area contributed by atoms with Crippen molar-refractivity contribution in [2.75, 3.05) is 6.54 Å². The van der Waals surface area contributed by atoms with Crippen molar-refractivity contribution >= 4 is 28.8 Å². The molecule has 0 unspecified atom stereocenters. The lowest BCUT2D eigenvalue weighted by Crippen LogP contribution is -2.29. The number of carboxylic acid groups (broad SMARTS) is 1. The summed E-state index contributed by atoms with van der Waals surface area (Å²) in [4.78, 5) is 34.0. The van der Waals surface area contributed by atoms with Gasteiger partial charge < -0.3 is 10.4 Å². The van der Waals surface area contributed by atoms with E-state index >= 15 is 0 Å². The number of amides is 1. The van der Waals surface area contributed by atoms with E-state index in [0.29, 0.717) is 0 Å². The molecule has 0 heterocycles. The Labute approximate surface area is 150 Å². The highest BCUT2D eigenvalue weighted by atomic mass is 32.2. The van der Waals surface area contributed by atoms with E-state index in [0.717, 1.165) is 28.5 Å². The Bertz CT molecular complexity index is 744. The second-order valence-corrected chi connectivity index (χ2v) is 6.75. The number of benzene rings is 2. The number of hydrogen-bond acceptors (Lipinski definition) is 4. The van der Waals surface area contributed by atoms with Gasteiger partial charge in [-0.25, -0.2) is 0 Å². The van der Waals surface area contributed by atoms with E-state index in [1.165, 1.54) is 6.92 Å². The summed E-state index contributed by atoms with van der Waals surface area (Å²) in [5.74, 6) is -1.37. The fraction of sp³-hybridized carbons (Fsp3) is 0.211. The third kappa shape index (κ3) is 6.08. The first-order chi connectivity index (χ1) is 12.0. The molecular weight excluding hydrogens is 338 g/mol. The fourth-order valence-corrected chi connectivity index (χ4v) is 3.10. The maximum atomic E-state index is 11.8. The van der Waals surface area contributed by atoms with Crippen molar-refractivity contribution in [3.63, 3.8) is 0 Å². The van der Waals surface area contributed by atoms with E-state index in [2.05, 4.69) is 5.32 Å². The van der Waals surface area contributed by atoms with E-state index in [9.17, 15) is 19.5 Å². The molecule has 5 nitrogen and oxygen atoms in total. The van der Waals surface area contributed by atoms with Gasteiger partial charge in [-0.1, -0.05) is 66.4 Å². The van der Waals surface area contributed by atoms with Crippen LogP contribution in [0.2, 0.25) is 0 Å². The van der Waals surface area contributed by atoms with Crippen LogP contribution in [0.15, 0.2) is 54.6 Å². The lowest BCUT2D eigenvalue weighted by Gasteiger charge is -2.12.